The summed E-state index contributed by atoms with van der Waals surface area (Å²) < 4.78 is 10.9. The van der Waals surface area contributed by atoms with Crippen LogP contribution in [0.5, 0.6) is 17.2 Å². The number of methoxy groups -OCH3 is 2. The Balaban J connectivity index is 0.000000112. The number of nitrogens with zero attached hydrogens (tertiary/aromatic N) is 20. The predicted molar refractivity (Wildman–Crippen MR) is 492 cm³/mol. The molecule has 20 aromatic rings. The first-order valence-corrected chi connectivity index (χ1v) is 40.8. The number of fused-ring (bicyclic) bond motifs is 5. The summed E-state index contributed by atoms with van der Waals surface area (Å²) in [5, 5.41) is 65.3. The molecule has 0 radical (unpaired) electrons. The Kier molecular flexibility index (Phi) is 23.8. The van der Waals surface area contributed by atoms with Gasteiger partial charge in [-0.2, -0.15) is 24.9 Å². The van der Waals surface area contributed by atoms with Gasteiger partial charge in [0.1, 0.15) is 75.5 Å². The third-order valence-corrected chi connectivity index (χ3v) is 20.2. The highest BCUT2D eigenvalue weighted by Gasteiger charge is 2.28. The maximum atomic E-state index is 10.1. The van der Waals surface area contributed by atoms with Crippen molar-refractivity contribution in [1.29, 1.82) is 0 Å². The molecule has 0 unspecified atom stereocenters. The summed E-state index contributed by atoms with van der Waals surface area (Å²) in [6.07, 6.45) is 2.48. The molecule has 1 saturated carbocycles. The van der Waals surface area contributed by atoms with Crippen LogP contribution in [0.4, 0.5) is 58.8 Å². The zero-order valence-electron chi connectivity index (χ0n) is 70.8. The number of phenolic OH excluding ortho intramolecular Hbond substituents is 1. The van der Waals surface area contributed by atoms with Gasteiger partial charge < -0.3 is 41.2 Å². The second-order valence-corrected chi connectivity index (χ2v) is 30.5. The van der Waals surface area contributed by atoms with E-state index < -0.39 is 0 Å². The van der Waals surface area contributed by atoms with Gasteiger partial charge in [0.15, 0.2) is 29.1 Å². The summed E-state index contributed by atoms with van der Waals surface area (Å²) >= 11 is 0. The third-order valence-electron chi connectivity index (χ3n) is 20.2. The van der Waals surface area contributed by atoms with Gasteiger partial charge in [-0.25, -0.2) is 49.8 Å². The molecule has 0 amide bonds. The SMILES string of the molecule is COc1ccccc1-c1nc(Nc2n[nH]c(C)n2)c2ccccc2n1.COc1ccccc1-c1nc(Nc2n[nH]c(C)n2)c2ccccc2n1.Cc1nc(Nc2nc(-c3ccccc3C(C)(C)C)nc3ccccc23)n[nH]1.Cc1nc(Nc2nc(-c3ccccc3C3CC3)nc3ccccc23)n[nH]1.Cc1nc(Nc2nc(-c3ccccc3O)nc3ccccc23)n[nH]1. The normalized spacial score (nSPS) is 11.6. The van der Waals surface area contributed by atoms with Crippen molar-refractivity contribution in [2.24, 2.45) is 0 Å². The number of H-pyrrole nitrogens is 5. The molecule has 630 valence electrons. The Morgan fingerprint density at radius 2 is 0.535 bits per heavy atom. The number of aromatic hydroxyl groups is 1. The van der Waals surface area contributed by atoms with Crippen molar-refractivity contribution in [2.75, 3.05) is 40.8 Å². The lowest BCUT2D eigenvalue weighted by Gasteiger charge is -2.22. The number of rotatable bonds is 18. The number of aromatic nitrogens is 25. The van der Waals surface area contributed by atoms with Gasteiger partial charge in [0.2, 0.25) is 29.7 Å². The molecule has 1 fully saturated rings. The van der Waals surface area contributed by atoms with E-state index >= 15 is 0 Å². The maximum Gasteiger partial charge on any atom is 0.247 e. The lowest BCUT2D eigenvalue weighted by atomic mass is 9.83. The molecular weight excluding hydrogens is 1600 g/mol. The van der Waals surface area contributed by atoms with Gasteiger partial charge in [-0.15, -0.1) is 25.5 Å². The minimum absolute atomic E-state index is 0.0138. The number of aromatic amines is 5. The molecule has 10 heterocycles. The molecule has 10 aromatic carbocycles. The van der Waals surface area contributed by atoms with Gasteiger partial charge in [0.25, 0.3) is 0 Å². The maximum absolute atomic E-state index is 10.1. The number of nitrogens with one attached hydrogen (secondary N) is 10. The van der Waals surface area contributed by atoms with E-state index in [1.54, 1.807) is 32.4 Å². The largest absolute Gasteiger partial charge is 0.507 e. The van der Waals surface area contributed by atoms with Crippen LogP contribution in [-0.4, -0.2) is 145 Å². The molecule has 0 bridgehead atoms. The van der Waals surface area contributed by atoms with Gasteiger partial charge >= 0.3 is 0 Å². The zero-order chi connectivity index (χ0) is 87.5. The summed E-state index contributed by atoms with van der Waals surface area (Å²) in [7, 11) is 3.27. The van der Waals surface area contributed by atoms with E-state index in [0.717, 1.165) is 123 Å². The molecule has 0 atom stereocenters. The van der Waals surface area contributed by atoms with Crippen molar-refractivity contribution in [2.45, 2.75) is 79.6 Å². The standard InChI is InChI=1S/C21H22N6.C20H18N6.2C18H16N6O.C17H14N6O/c1-13-22-20(27-26-13)25-19-15-10-6-8-12-17(15)23-18(24-19)14-9-5-7-11-16(14)21(2,3)4;1-12-21-20(26-25-12)24-19-16-8-4-5-9-17(16)22-18(23-19)15-7-3-2-6-14(15)13-10-11-13;2*1-11-19-18(24-23-11)22-16-12-7-3-5-9-14(12)20-17(21-16)13-8-4-6-10-15(13)25-2;1-10-18-17(23-22-10)21-15-11-6-2-4-8-13(11)19-16(20-15)12-7-3-5-9-14(12)24/h5-12H,1-4H3,(H2,22,23,24,25,26,27);2-9,13H,10-11H2,1H3,(H2,21,22,23,24,25,26);2*3-10H,1-2H3,(H2,19,20,21,22,23,24);2-9,24H,1H3,(H2,18,19,20,21,22,23). The van der Waals surface area contributed by atoms with Crippen LogP contribution in [0.3, 0.4) is 0 Å². The van der Waals surface area contributed by atoms with E-state index in [1.165, 1.54) is 24.0 Å². The van der Waals surface area contributed by atoms with Gasteiger partial charge in [0, 0.05) is 38.1 Å². The van der Waals surface area contributed by atoms with Crippen LogP contribution in [-0.2, 0) is 5.41 Å². The van der Waals surface area contributed by atoms with E-state index in [0.29, 0.717) is 93.6 Å². The topological polar surface area (TPSA) is 436 Å². The summed E-state index contributed by atoms with van der Waals surface area (Å²) in [5.41, 5.74) is 11.1. The van der Waals surface area contributed by atoms with E-state index in [1.807, 2.05) is 223 Å². The van der Waals surface area contributed by atoms with Gasteiger partial charge in [-0.3, -0.25) is 25.5 Å². The molecule has 10 aromatic heterocycles. The third kappa shape index (κ3) is 19.2. The fourth-order valence-corrected chi connectivity index (χ4v) is 14.1. The highest BCUT2D eigenvalue weighted by molar-refractivity contribution is 5.96. The number of ether oxygens (including phenoxy) is 2. The number of hydrogen-bond acceptors (Lipinski definition) is 28. The molecule has 33 heteroatoms. The monoisotopic (exact) mass is 1680 g/mol. The zero-order valence-corrected chi connectivity index (χ0v) is 70.8. The van der Waals surface area contributed by atoms with Crippen LogP contribution in [0.2, 0.25) is 0 Å². The molecule has 21 rings (SSSR count). The van der Waals surface area contributed by atoms with Crippen LogP contribution in [0.25, 0.3) is 111 Å². The van der Waals surface area contributed by atoms with Gasteiger partial charge in [-0.05, 0) is 167 Å². The quantitative estimate of drug-likeness (QED) is 0.0380. The smallest absolute Gasteiger partial charge is 0.247 e. The number of phenols is 1. The molecule has 1 aliphatic rings. The van der Waals surface area contributed by atoms with E-state index in [9.17, 15) is 5.11 Å². The second kappa shape index (κ2) is 36.7. The van der Waals surface area contributed by atoms with E-state index in [2.05, 4.69) is 190 Å². The lowest BCUT2D eigenvalue weighted by molar-refractivity contribution is 0.416. The first-order valence-electron chi connectivity index (χ1n) is 40.8. The Labute approximate surface area is 727 Å². The Morgan fingerprint density at radius 1 is 0.283 bits per heavy atom. The minimum atomic E-state index is -0.0138. The number of hydrogen-bond donors (Lipinski definition) is 11. The Morgan fingerprint density at radius 3 is 0.835 bits per heavy atom. The van der Waals surface area contributed by atoms with Crippen molar-refractivity contribution < 1.29 is 14.6 Å². The van der Waals surface area contributed by atoms with Gasteiger partial charge in [0.05, 0.1) is 58.5 Å². The Bertz CT molecular complexity index is 7150. The van der Waals surface area contributed by atoms with Crippen molar-refractivity contribution in [3.8, 4) is 74.2 Å². The molecule has 0 aliphatic heterocycles. The molecule has 1 aliphatic carbocycles. The highest BCUT2D eigenvalue weighted by Crippen LogP contribution is 2.45. The fourth-order valence-electron chi connectivity index (χ4n) is 14.1. The predicted octanol–water partition coefficient (Wildman–Crippen LogP) is 19.2. The van der Waals surface area contributed by atoms with E-state index in [4.69, 9.17) is 29.4 Å². The van der Waals surface area contributed by atoms with E-state index in [-0.39, 0.29) is 11.2 Å². The summed E-state index contributed by atoms with van der Waals surface area (Å²) in [4.78, 5) is 68.7. The van der Waals surface area contributed by atoms with Crippen LogP contribution < -0.4 is 36.1 Å². The van der Waals surface area contributed by atoms with Crippen molar-refractivity contribution in [3.63, 3.8) is 0 Å². The number of aryl methyl sites for hydroxylation is 5. The first kappa shape index (κ1) is 82.3. The number of anilines is 10. The molecular formula is C94H86N30O3. The molecule has 33 nitrogen and oxygen atoms in total. The van der Waals surface area contributed by atoms with Crippen LogP contribution >= 0.6 is 0 Å². The summed E-state index contributed by atoms with van der Waals surface area (Å²) in [5.74, 6) is 14.5. The lowest BCUT2D eigenvalue weighted by Crippen LogP contribution is -2.13. The average Bonchev–Trinajstić information content (AvgIpc) is 1.73. The second-order valence-electron chi connectivity index (χ2n) is 30.5. The highest BCUT2D eigenvalue weighted by atomic mass is 16.5. The summed E-state index contributed by atoms with van der Waals surface area (Å²) in [6, 6.07) is 78.2. The Hall–Kier alpha value is -17.0. The molecule has 0 saturated heterocycles. The van der Waals surface area contributed by atoms with Crippen molar-refractivity contribution >= 4 is 113 Å². The molecule has 0 spiro atoms. The van der Waals surface area contributed by atoms with Gasteiger partial charge in [-0.1, -0.05) is 166 Å². The first-order chi connectivity index (χ1) is 61.9. The molecule has 11 N–H and O–H groups in total. The minimum Gasteiger partial charge on any atom is -0.507 e. The number of benzene rings is 10. The van der Waals surface area contributed by atoms with Crippen molar-refractivity contribution in [1.82, 2.24) is 126 Å². The van der Waals surface area contributed by atoms with Crippen molar-refractivity contribution in [3.05, 3.63) is 283 Å². The molecule has 127 heavy (non-hydrogen) atoms. The number of para-hydroxylation sites is 8. The van der Waals surface area contributed by atoms with Crippen LogP contribution in [0.15, 0.2) is 243 Å². The fraction of sp³-hybridized carbons (Fsp3) is 0.149. The van der Waals surface area contributed by atoms with Crippen LogP contribution in [0, 0.1) is 34.6 Å². The average molecular weight is 1680 g/mol. The van der Waals surface area contributed by atoms with Crippen LogP contribution in [0.1, 0.15) is 79.8 Å². The summed E-state index contributed by atoms with van der Waals surface area (Å²) in [6.45, 7) is 15.8.